The summed E-state index contributed by atoms with van der Waals surface area (Å²) in [6, 6.07) is 4.04. The molecule has 0 aliphatic heterocycles. The number of Topliss-reactive ketones (excluding diaryl/α,β-unsaturated/α-hetero) is 2. The minimum Gasteiger partial charge on any atom is -0.496 e. The van der Waals surface area contributed by atoms with Gasteiger partial charge in [0.05, 0.1) is 25.3 Å². The summed E-state index contributed by atoms with van der Waals surface area (Å²) in [7, 11) is 3.19. The van der Waals surface area contributed by atoms with E-state index in [0.29, 0.717) is 22.6 Å². The summed E-state index contributed by atoms with van der Waals surface area (Å²) in [4.78, 5) is 25.1. The van der Waals surface area contributed by atoms with Crippen molar-refractivity contribution in [1.29, 1.82) is 0 Å². The van der Waals surface area contributed by atoms with Crippen LogP contribution in [0.15, 0.2) is 12.1 Å². The van der Waals surface area contributed by atoms with Gasteiger partial charge in [-0.2, -0.15) is 0 Å². The Labute approximate surface area is 180 Å². The Morgan fingerprint density at radius 3 is 1.67 bits per heavy atom. The number of carbonyl (C=O) groups excluding carboxylic acids is 2. The number of benzene rings is 2. The molecule has 4 heteroatoms. The van der Waals surface area contributed by atoms with Gasteiger partial charge in [0.25, 0.3) is 0 Å². The van der Waals surface area contributed by atoms with E-state index in [2.05, 4.69) is 33.8 Å². The molecule has 0 saturated heterocycles. The van der Waals surface area contributed by atoms with Gasteiger partial charge >= 0.3 is 0 Å². The number of hydrogen-bond donors (Lipinski definition) is 0. The first kappa shape index (κ1) is 23.7. The average Bonchev–Trinajstić information content (AvgIpc) is 2.65. The van der Waals surface area contributed by atoms with Crippen LogP contribution in [0.3, 0.4) is 0 Å². The highest BCUT2D eigenvalue weighted by Crippen LogP contribution is 2.47. The lowest BCUT2D eigenvalue weighted by Gasteiger charge is -2.27. The van der Waals surface area contributed by atoms with E-state index in [9.17, 15) is 9.59 Å². The van der Waals surface area contributed by atoms with Crippen LogP contribution in [0.25, 0.3) is 11.1 Å². The summed E-state index contributed by atoms with van der Waals surface area (Å²) in [6.45, 7) is 15.5. The van der Waals surface area contributed by atoms with Crippen LogP contribution in [0.1, 0.15) is 96.3 Å². The van der Waals surface area contributed by atoms with Gasteiger partial charge in [0.15, 0.2) is 11.6 Å². The van der Waals surface area contributed by atoms with Gasteiger partial charge in [-0.1, -0.05) is 33.8 Å². The zero-order valence-electron chi connectivity index (χ0n) is 19.9. The molecule has 0 aliphatic carbocycles. The maximum absolute atomic E-state index is 12.5. The van der Waals surface area contributed by atoms with Crippen LogP contribution in [-0.4, -0.2) is 25.8 Å². The SMILES string of the molecule is COc1cc(C(C)C)c(-c2c(C(C)C)cc(C)c(C(C)=O)c2OC)c(C)c1C(C)=O. The van der Waals surface area contributed by atoms with E-state index < -0.39 is 0 Å². The fourth-order valence-corrected chi connectivity index (χ4v) is 4.37. The largest absolute Gasteiger partial charge is 0.496 e. The Hall–Kier alpha value is -2.62. The van der Waals surface area contributed by atoms with E-state index in [0.717, 1.165) is 33.4 Å². The molecule has 162 valence electrons. The minimum atomic E-state index is -0.0510. The van der Waals surface area contributed by atoms with Gasteiger partial charge in [-0.25, -0.2) is 0 Å². The van der Waals surface area contributed by atoms with E-state index >= 15 is 0 Å². The van der Waals surface area contributed by atoms with Crippen LogP contribution in [0.4, 0.5) is 0 Å². The van der Waals surface area contributed by atoms with Crippen molar-refractivity contribution in [2.45, 2.75) is 67.2 Å². The molecular weight excluding hydrogens is 376 g/mol. The monoisotopic (exact) mass is 410 g/mol. The molecule has 0 fully saturated rings. The second-order valence-corrected chi connectivity index (χ2v) is 8.53. The average molecular weight is 411 g/mol. The van der Waals surface area contributed by atoms with Crippen molar-refractivity contribution in [1.82, 2.24) is 0 Å². The number of ether oxygens (including phenoxy) is 2. The molecule has 0 saturated carbocycles. The molecule has 0 spiro atoms. The third kappa shape index (κ3) is 4.00. The molecule has 0 aliphatic rings. The summed E-state index contributed by atoms with van der Waals surface area (Å²) in [6.07, 6.45) is 0. The maximum atomic E-state index is 12.5. The highest BCUT2D eigenvalue weighted by Gasteiger charge is 2.28. The van der Waals surface area contributed by atoms with Gasteiger partial charge in [-0.05, 0) is 73.4 Å². The first-order valence-electron chi connectivity index (χ1n) is 10.4. The standard InChI is InChI=1S/C26H34O4/c1-13(2)19-11-15(5)22(17(7)27)26(30-10)25(19)24-16(6)23(18(8)28)21(29-9)12-20(24)14(3)4/h11-14H,1-10H3. The molecular formula is C26H34O4. The minimum absolute atomic E-state index is 0.0371. The smallest absolute Gasteiger partial charge is 0.163 e. The predicted octanol–water partition coefficient (Wildman–Crippen LogP) is 6.64. The summed E-state index contributed by atoms with van der Waals surface area (Å²) in [5, 5.41) is 0. The molecule has 0 atom stereocenters. The van der Waals surface area contributed by atoms with Gasteiger partial charge < -0.3 is 9.47 Å². The molecule has 4 nitrogen and oxygen atoms in total. The van der Waals surface area contributed by atoms with Gasteiger partial charge in [-0.15, -0.1) is 0 Å². The van der Waals surface area contributed by atoms with E-state index in [-0.39, 0.29) is 23.4 Å². The topological polar surface area (TPSA) is 52.6 Å². The summed E-state index contributed by atoms with van der Waals surface area (Å²) in [5.41, 5.74) is 6.92. The lowest BCUT2D eigenvalue weighted by atomic mass is 9.79. The predicted molar refractivity (Wildman–Crippen MR) is 123 cm³/mol. The Bertz CT molecular complexity index is 997. The first-order valence-corrected chi connectivity index (χ1v) is 10.4. The normalized spacial score (nSPS) is 11.2. The lowest BCUT2D eigenvalue weighted by Crippen LogP contribution is -2.11. The van der Waals surface area contributed by atoms with Crippen LogP contribution < -0.4 is 9.47 Å². The molecule has 30 heavy (non-hydrogen) atoms. The van der Waals surface area contributed by atoms with Crippen LogP contribution in [-0.2, 0) is 0 Å². The first-order chi connectivity index (χ1) is 14.0. The number of aryl methyl sites for hydroxylation is 1. The molecule has 2 aromatic carbocycles. The lowest BCUT2D eigenvalue weighted by molar-refractivity contribution is 0.100. The molecule has 0 amide bonds. The van der Waals surface area contributed by atoms with E-state index in [4.69, 9.17) is 9.47 Å². The third-order valence-corrected chi connectivity index (χ3v) is 5.70. The number of carbonyl (C=O) groups is 2. The highest BCUT2D eigenvalue weighted by molar-refractivity contribution is 6.04. The number of methoxy groups -OCH3 is 2. The van der Waals surface area contributed by atoms with Gasteiger partial charge in [-0.3, -0.25) is 9.59 Å². The third-order valence-electron chi connectivity index (χ3n) is 5.70. The summed E-state index contributed by atoms with van der Waals surface area (Å²) < 4.78 is 11.5. The molecule has 0 bridgehead atoms. The fraction of sp³-hybridized carbons (Fsp3) is 0.462. The van der Waals surface area contributed by atoms with Crippen molar-refractivity contribution < 1.29 is 19.1 Å². The molecule has 0 heterocycles. The number of rotatable bonds is 7. The zero-order valence-corrected chi connectivity index (χ0v) is 19.9. The quantitative estimate of drug-likeness (QED) is 0.480. The van der Waals surface area contributed by atoms with Crippen LogP contribution in [0.5, 0.6) is 11.5 Å². The zero-order chi connectivity index (χ0) is 22.9. The van der Waals surface area contributed by atoms with Gasteiger partial charge in [0.2, 0.25) is 0 Å². The van der Waals surface area contributed by atoms with Crippen molar-refractivity contribution in [3.8, 4) is 22.6 Å². The molecule has 2 aromatic rings. The Kier molecular flexibility index (Phi) is 7.12. The Balaban J connectivity index is 3.21. The molecule has 2 rings (SSSR count). The second-order valence-electron chi connectivity index (χ2n) is 8.53. The number of hydrogen-bond acceptors (Lipinski definition) is 4. The molecule has 0 aromatic heterocycles. The number of ketones is 2. The van der Waals surface area contributed by atoms with Crippen molar-refractivity contribution in [2.24, 2.45) is 0 Å². The van der Waals surface area contributed by atoms with Crippen LogP contribution in [0.2, 0.25) is 0 Å². The van der Waals surface area contributed by atoms with E-state index in [1.165, 1.54) is 0 Å². The van der Waals surface area contributed by atoms with Crippen molar-refractivity contribution in [3.63, 3.8) is 0 Å². The molecule has 0 unspecified atom stereocenters. The van der Waals surface area contributed by atoms with Crippen LogP contribution >= 0.6 is 0 Å². The fourth-order valence-electron chi connectivity index (χ4n) is 4.37. The second kappa shape index (κ2) is 9.03. The van der Waals surface area contributed by atoms with Crippen molar-refractivity contribution >= 4 is 11.6 Å². The summed E-state index contributed by atoms with van der Waals surface area (Å²) in [5.74, 6) is 1.46. The molecule has 0 N–H and O–H groups in total. The van der Waals surface area contributed by atoms with Crippen molar-refractivity contribution in [2.75, 3.05) is 14.2 Å². The Morgan fingerprint density at radius 1 is 0.767 bits per heavy atom. The van der Waals surface area contributed by atoms with Crippen molar-refractivity contribution in [3.05, 3.63) is 45.5 Å². The van der Waals surface area contributed by atoms with E-state index in [1.54, 1.807) is 28.1 Å². The molecule has 0 radical (unpaired) electrons. The Morgan fingerprint density at radius 2 is 1.27 bits per heavy atom. The van der Waals surface area contributed by atoms with Crippen LogP contribution in [0, 0.1) is 13.8 Å². The highest BCUT2D eigenvalue weighted by atomic mass is 16.5. The summed E-state index contributed by atoms with van der Waals surface area (Å²) >= 11 is 0. The van der Waals surface area contributed by atoms with Gasteiger partial charge in [0, 0.05) is 5.56 Å². The van der Waals surface area contributed by atoms with E-state index in [1.807, 2.05) is 19.9 Å². The maximum Gasteiger partial charge on any atom is 0.163 e. The van der Waals surface area contributed by atoms with Gasteiger partial charge in [0.1, 0.15) is 11.5 Å².